The van der Waals surface area contributed by atoms with Gasteiger partial charge in [-0.1, -0.05) is 19.1 Å². The summed E-state index contributed by atoms with van der Waals surface area (Å²) in [6.07, 6.45) is 2.81. The molecule has 1 aliphatic heterocycles. The van der Waals surface area contributed by atoms with Crippen molar-refractivity contribution in [2.45, 2.75) is 44.9 Å². The van der Waals surface area contributed by atoms with Crippen molar-refractivity contribution in [3.63, 3.8) is 0 Å². The van der Waals surface area contributed by atoms with E-state index >= 15 is 0 Å². The zero-order chi connectivity index (χ0) is 18.4. The molecule has 6 nitrogen and oxygen atoms in total. The van der Waals surface area contributed by atoms with E-state index < -0.39 is 21.5 Å². The highest BCUT2D eigenvalue weighted by molar-refractivity contribution is 7.91. The largest absolute Gasteiger partial charge is 0.353 e. The number of carbonyl (C=O) groups is 2. The van der Waals surface area contributed by atoms with Crippen molar-refractivity contribution in [1.29, 1.82) is 0 Å². The monoisotopic (exact) mass is 366 g/mol. The van der Waals surface area contributed by atoms with Crippen LogP contribution < -0.4 is 5.32 Å². The molecular formula is C18H26N2O4S. The first kappa shape index (κ1) is 19.4. The number of nitrogens with zero attached hydrogens (tertiary/aromatic N) is 1. The Labute approximate surface area is 149 Å². The molecule has 1 N–H and O–H groups in total. The van der Waals surface area contributed by atoms with E-state index in [1.165, 1.54) is 0 Å². The number of amides is 2. The number of carbonyl (C=O) groups excluding carboxylic acids is 2. The van der Waals surface area contributed by atoms with Crippen LogP contribution in [0.4, 0.5) is 0 Å². The average molecular weight is 366 g/mol. The minimum absolute atomic E-state index is 0.0140. The van der Waals surface area contributed by atoms with Crippen LogP contribution in [0.15, 0.2) is 24.3 Å². The zero-order valence-electron chi connectivity index (χ0n) is 14.8. The second kappa shape index (κ2) is 8.47. The molecule has 0 radical (unpaired) electrons. The molecule has 1 aromatic rings. The molecule has 7 heteroatoms. The maximum absolute atomic E-state index is 12.3. The molecule has 25 heavy (non-hydrogen) atoms. The Kier molecular flexibility index (Phi) is 6.58. The van der Waals surface area contributed by atoms with Gasteiger partial charge in [-0.3, -0.25) is 9.59 Å². The topological polar surface area (TPSA) is 83.5 Å². The van der Waals surface area contributed by atoms with Crippen molar-refractivity contribution < 1.29 is 18.0 Å². The van der Waals surface area contributed by atoms with Crippen LogP contribution in [-0.4, -0.2) is 50.0 Å². The van der Waals surface area contributed by atoms with E-state index in [4.69, 9.17) is 0 Å². The van der Waals surface area contributed by atoms with E-state index in [1.807, 2.05) is 18.7 Å². The fourth-order valence-electron chi connectivity index (χ4n) is 2.77. The zero-order valence-corrected chi connectivity index (χ0v) is 15.6. The van der Waals surface area contributed by atoms with Gasteiger partial charge in [0.25, 0.3) is 5.91 Å². The Morgan fingerprint density at radius 3 is 2.32 bits per heavy atom. The van der Waals surface area contributed by atoms with Gasteiger partial charge in [0.1, 0.15) is 5.75 Å². The van der Waals surface area contributed by atoms with Crippen LogP contribution in [-0.2, 0) is 20.4 Å². The summed E-state index contributed by atoms with van der Waals surface area (Å²) in [6, 6.07) is 6.56. The van der Waals surface area contributed by atoms with Gasteiger partial charge >= 0.3 is 0 Å². The van der Waals surface area contributed by atoms with E-state index in [0.717, 1.165) is 32.4 Å². The molecule has 1 aromatic carbocycles. The Morgan fingerprint density at radius 2 is 1.76 bits per heavy atom. The highest BCUT2D eigenvalue weighted by Crippen LogP contribution is 2.15. The molecule has 1 saturated heterocycles. The molecule has 0 bridgehead atoms. The van der Waals surface area contributed by atoms with Gasteiger partial charge in [-0.2, -0.15) is 0 Å². The fourth-order valence-corrected chi connectivity index (χ4v) is 4.05. The molecule has 1 heterocycles. The lowest BCUT2D eigenvalue weighted by molar-refractivity contribution is -0.119. The quantitative estimate of drug-likeness (QED) is 0.797. The summed E-state index contributed by atoms with van der Waals surface area (Å²) in [7, 11) is -3.54. The van der Waals surface area contributed by atoms with Crippen LogP contribution in [0.5, 0.6) is 0 Å². The first-order valence-electron chi connectivity index (χ1n) is 8.68. The molecular weight excluding hydrogens is 340 g/mol. The van der Waals surface area contributed by atoms with Crippen LogP contribution in [0.3, 0.4) is 0 Å². The lowest BCUT2D eigenvalue weighted by Crippen LogP contribution is -2.36. The van der Waals surface area contributed by atoms with Gasteiger partial charge in [-0.25, -0.2) is 8.42 Å². The summed E-state index contributed by atoms with van der Waals surface area (Å²) >= 11 is 0. The fraction of sp³-hybridized carbons (Fsp3) is 0.556. The van der Waals surface area contributed by atoms with Gasteiger partial charge in [0.05, 0.1) is 5.75 Å². The van der Waals surface area contributed by atoms with Gasteiger partial charge in [0.2, 0.25) is 5.91 Å². The summed E-state index contributed by atoms with van der Waals surface area (Å²) < 4.78 is 24.3. The molecule has 138 valence electrons. The Bertz CT molecular complexity index is 707. The van der Waals surface area contributed by atoms with Crippen molar-refractivity contribution in [1.82, 2.24) is 10.2 Å². The summed E-state index contributed by atoms with van der Waals surface area (Å²) in [5.74, 6) is -1.22. The third-order valence-electron chi connectivity index (χ3n) is 4.35. The Morgan fingerprint density at radius 1 is 1.16 bits per heavy atom. The lowest BCUT2D eigenvalue weighted by atomic mass is 10.1. The number of benzene rings is 1. The highest BCUT2D eigenvalue weighted by Gasteiger charge is 2.21. The molecule has 0 spiro atoms. The predicted octanol–water partition coefficient (Wildman–Crippen LogP) is 1.75. The summed E-state index contributed by atoms with van der Waals surface area (Å²) in [5.41, 5.74) is 1.15. The first-order valence-corrected chi connectivity index (χ1v) is 10.5. The molecule has 1 fully saturated rings. The number of likely N-dealkylation sites (tertiary alicyclic amines) is 1. The molecule has 0 saturated carbocycles. The van der Waals surface area contributed by atoms with Crippen LogP contribution in [0.25, 0.3) is 0 Å². The SMILES string of the molecule is CC[C@H](C)NC(=O)CS(=O)(=O)Cc1ccc(C(=O)N2CCCC2)cc1. The average Bonchev–Trinajstić information content (AvgIpc) is 3.08. The minimum Gasteiger partial charge on any atom is -0.353 e. The number of hydrogen-bond acceptors (Lipinski definition) is 4. The maximum Gasteiger partial charge on any atom is 0.253 e. The molecule has 0 aromatic heterocycles. The molecule has 2 amide bonds. The standard InChI is InChI=1S/C18H26N2O4S/c1-3-14(2)19-17(21)13-25(23,24)12-15-6-8-16(9-7-15)18(22)20-10-4-5-11-20/h6-9,14H,3-5,10-13H2,1-2H3,(H,19,21)/t14-/m0/s1. The van der Waals surface area contributed by atoms with Gasteiger partial charge in [0.15, 0.2) is 9.84 Å². The van der Waals surface area contributed by atoms with Crippen molar-refractivity contribution in [3.8, 4) is 0 Å². The number of nitrogens with one attached hydrogen (secondary N) is 1. The molecule has 0 aliphatic carbocycles. The van der Waals surface area contributed by atoms with E-state index in [0.29, 0.717) is 11.1 Å². The van der Waals surface area contributed by atoms with Crippen LogP contribution >= 0.6 is 0 Å². The number of hydrogen-bond donors (Lipinski definition) is 1. The minimum atomic E-state index is -3.54. The molecule has 0 unspecified atom stereocenters. The summed E-state index contributed by atoms with van der Waals surface area (Å²) in [5, 5.41) is 2.66. The number of rotatable bonds is 7. The van der Waals surface area contributed by atoms with Gasteiger partial charge < -0.3 is 10.2 Å². The van der Waals surface area contributed by atoms with Crippen LogP contribution in [0.1, 0.15) is 49.0 Å². The molecule has 1 aliphatic rings. The second-order valence-corrected chi connectivity index (χ2v) is 8.67. The second-order valence-electron chi connectivity index (χ2n) is 6.61. The van der Waals surface area contributed by atoms with Gasteiger partial charge in [-0.05, 0) is 43.9 Å². The normalized spacial score (nSPS) is 15.8. The maximum atomic E-state index is 12.3. The van der Waals surface area contributed by atoms with E-state index in [1.54, 1.807) is 24.3 Å². The van der Waals surface area contributed by atoms with E-state index in [9.17, 15) is 18.0 Å². The van der Waals surface area contributed by atoms with E-state index in [2.05, 4.69) is 5.32 Å². The third kappa shape index (κ3) is 5.85. The molecule has 2 rings (SSSR count). The van der Waals surface area contributed by atoms with Crippen molar-refractivity contribution in [2.24, 2.45) is 0 Å². The molecule has 1 atom stereocenters. The Balaban J connectivity index is 1.95. The first-order chi connectivity index (χ1) is 11.8. The van der Waals surface area contributed by atoms with Crippen LogP contribution in [0.2, 0.25) is 0 Å². The van der Waals surface area contributed by atoms with Crippen molar-refractivity contribution in [2.75, 3.05) is 18.8 Å². The summed E-state index contributed by atoms with van der Waals surface area (Å²) in [4.78, 5) is 25.9. The lowest BCUT2D eigenvalue weighted by Gasteiger charge is -2.15. The Hall–Kier alpha value is -1.89. The number of sulfone groups is 1. The van der Waals surface area contributed by atoms with Crippen LogP contribution in [0, 0.1) is 0 Å². The highest BCUT2D eigenvalue weighted by atomic mass is 32.2. The predicted molar refractivity (Wildman–Crippen MR) is 97.0 cm³/mol. The van der Waals surface area contributed by atoms with Crippen molar-refractivity contribution in [3.05, 3.63) is 35.4 Å². The third-order valence-corrected chi connectivity index (χ3v) is 5.83. The van der Waals surface area contributed by atoms with E-state index in [-0.39, 0.29) is 17.7 Å². The van der Waals surface area contributed by atoms with Crippen molar-refractivity contribution >= 4 is 21.7 Å². The van der Waals surface area contributed by atoms with Gasteiger partial charge in [-0.15, -0.1) is 0 Å². The smallest absolute Gasteiger partial charge is 0.253 e. The van der Waals surface area contributed by atoms with Gasteiger partial charge in [0, 0.05) is 24.7 Å². The summed E-state index contributed by atoms with van der Waals surface area (Å²) in [6.45, 7) is 5.31.